The van der Waals surface area contributed by atoms with E-state index in [0.29, 0.717) is 11.3 Å². The van der Waals surface area contributed by atoms with Gasteiger partial charge < -0.3 is 24.6 Å². The van der Waals surface area contributed by atoms with Crippen molar-refractivity contribution in [3.05, 3.63) is 58.2 Å². The summed E-state index contributed by atoms with van der Waals surface area (Å²) in [4.78, 5) is 22.1. The number of methoxy groups -OCH3 is 2. The predicted molar refractivity (Wildman–Crippen MR) is 138 cm³/mol. The van der Waals surface area contributed by atoms with Gasteiger partial charge in [0.1, 0.15) is 0 Å². The molecule has 2 fully saturated rings. The zero-order valence-electron chi connectivity index (χ0n) is 20.5. The highest BCUT2D eigenvalue weighted by molar-refractivity contribution is 7.13. The number of hydrogen-bond acceptors (Lipinski definition) is 8. The van der Waals surface area contributed by atoms with Gasteiger partial charge in [0.05, 0.1) is 35.9 Å². The molecule has 7 nitrogen and oxygen atoms in total. The zero-order valence-corrected chi connectivity index (χ0v) is 21.3. The molecule has 3 heterocycles. The van der Waals surface area contributed by atoms with Crippen molar-refractivity contribution >= 4 is 33.8 Å². The van der Waals surface area contributed by atoms with Crippen molar-refractivity contribution in [3.63, 3.8) is 0 Å². The van der Waals surface area contributed by atoms with Crippen molar-refractivity contribution in [1.82, 2.24) is 9.88 Å². The van der Waals surface area contributed by atoms with Crippen LogP contribution in [-0.4, -0.2) is 55.8 Å². The fourth-order valence-electron chi connectivity index (χ4n) is 4.61. The van der Waals surface area contributed by atoms with E-state index in [1.807, 2.05) is 25.1 Å². The van der Waals surface area contributed by atoms with Gasteiger partial charge in [-0.1, -0.05) is 18.2 Å². The lowest BCUT2D eigenvalue weighted by molar-refractivity contribution is 0.0601. The Hall–Kier alpha value is -2.84. The number of nitrogens with one attached hydrogen (secondary N) is 1. The van der Waals surface area contributed by atoms with Crippen molar-refractivity contribution in [1.29, 1.82) is 0 Å². The molecule has 0 spiro atoms. The summed E-state index contributed by atoms with van der Waals surface area (Å²) in [5, 5.41) is 6.47. The van der Waals surface area contributed by atoms with Gasteiger partial charge in [-0.25, -0.2) is 9.78 Å². The Morgan fingerprint density at radius 3 is 2.85 bits per heavy atom. The van der Waals surface area contributed by atoms with Crippen LogP contribution in [0.25, 0.3) is 5.70 Å². The number of carbonyl (C=O) groups is 1. The number of anilines is 2. The lowest BCUT2D eigenvalue weighted by Gasteiger charge is -2.21. The number of hydrogen-bond donors (Lipinski definition) is 1. The van der Waals surface area contributed by atoms with Crippen LogP contribution in [0.2, 0.25) is 0 Å². The Balaban J connectivity index is 1.53. The number of nitrogens with zero attached hydrogens (tertiary/aromatic N) is 3. The summed E-state index contributed by atoms with van der Waals surface area (Å²) >= 11 is 1.63. The van der Waals surface area contributed by atoms with E-state index >= 15 is 0 Å². The fraction of sp³-hybridized carbons (Fsp3) is 0.462. The van der Waals surface area contributed by atoms with Crippen LogP contribution in [0.15, 0.2) is 41.4 Å². The molecular weight excluding hydrogens is 448 g/mol. The lowest BCUT2D eigenvalue weighted by Crippen LogP contribution is -2.22. The Kier molecular flexibility index (Phi) is 7.90. The molecule has 0 amide bonds. The molecule has 34 heavy (non-hydrogen) atoms. The smallest absolute Gasteiger partial charge is 0.339 e. The molecule has 0 saturated carbocycles. The van der Waals surface area contributed by atoms with E-state index in [1.165, 1.54) is 19.2 Å². The Morgan fingerprint density at radius 2 is 2.15 bits per heavy atom. The molecule has 8 heteroatoms. The molecule has 4 rings (SSSR count). The first-order valence-electron chi connectivity index (χ1n) is 11.8. The molecule has 2 aliphatic rings. The van der Waals surface area contributed by atoms with E-state index < -0.39 is 0 Å². The Morgan fingerprint density at radius 1 is 1.29 bits per heavy atom. The highest BCUT2D eigenvalue weighted by Gasteiger charge is 2.25. The SMILES string of the molecule is CC=C(Nc1ccc(CN2CCCC2=CC)cc1C(=O)OC)c1csc(N2CC[C@H](OC)C2)n1. The van der Waals surface area contributed by atoms with Gasteiger partial charge in [0, 0.05) is 44.4 Å². The van der Waals surface area contributed by atoms with E-state index in [0.717, 1.165) is 61.1 Å². The summed E-state index contributed by atoms with van der Waals surface area (Å²) in [6, 6.07) is 5.98. The summed E-state index contributed by atoms with van der Waals surface area (Å²) < 4.78 is 10.6. The standard InChI is InChI=1S/C26H34N4O3S/c1-5-19-8-7-12-29(19)15-18-9-10-23(21(14-18)25(31)33-4)27-22(6-2)24-17-34-26(28-24)30-13-11-20(16-30)32-3/h5-6,9-10,14,17,20,27H,7-8,11-13,15-16H2,1-4H3/t20-/m0/s1. The third-order valence-electron chi connectivity index (χ3n) is 6.54. The first kappa shape index (κ1) is 24.3. The van der Waals surface area contributed by atoms with Crippen molar-refractivity contribution in [2.45, 2.75) is 45.8 Å². The van der Waals surface area contributed by atoms with E-state index in [2.05, 4.69) is 39.6 Å². The maximum absolute atomic E-state index is 12.6. The van der Waals surface area contributed by atoms with Crippen molar-refractivity contribution < 1.29 is 14.3 Å². The molecule has 1 N–H and O–H groups in total. The number of thiazole rings is 1. The maximum Gasteiger partial charge on any atom is 0.339 e. The molecule has 1 aromatic carbocycles. The number of likely N-dealkylation sites (tertiary alicyclic amines) is 1. The normalized spacial score (nSPS) is 19.8. The molecule has 0 radical (unpaired) electrons. The monoisotopic (exact) mass is 482 g/mol. The third-order valence-corrected chi connectivity index (χ3v) is 7.44. The maximum atomic E-state index is 12.6. The third kappa shape index (κ3) is 5.28. The predicted octanol–water partition coefficient (Wildman–Crippen LogP) is 5.13. The second-order valence-corrected chi connectivity index (χ2v) is 9.45. The average molecular weight is 483 g/mol. The summed E-state index contributed by atoms with van der Waals surface area (Å²) in [6.45, 7) is 7.70. The van der Waals surface area contributed by atoms with Crippen LogP contribution in [0.3, 0.4) is 0 Å². The molecule has 0 bridgehead atoms. The van der Waals surface area contributed by atoms with Crippen LogP contribution >= 0.6 is 11.3 Å². The van der Waals surface area contributed by atoms with Crippen LogP contribution in [0.1, 0.15) is 54.7 Å². The van der Waals surface area contributed by atoms with Gasteiger partial charge in [-0.3, -0.25) is 0 Å². The molecule has 0 aliphatic carbocycles. The van der Waals surface area contributed by atoms with E-state index in [1.54, 1.807) is 18.4 Å². The minimum atomic E-state index is -0.353. The molecular formula is C26H34N4O3S. The minimum absolute atomic E-state index is 0.261. The van der Waals surface area contributed by atoms with Crippen molar-refractivity contribution in [3.8, 4) is 0 Å². The summed E-state index contributed by atoms with van der Waals surface area (Å²) in [5.41, 5.74) is 5.42. The number of allylic oxidation sites excluding steroid dienone is 3. The highest BCUT2D eigenvalue weighted by atomic mass is 32.1. The van der Waals surface area contributed by atoms with Gasteiger partial charge in [0.15, 0.2) is 5.13 Å². The quantitative estimate of drug-likeness (QED) is 0.523. The van der Waals surface area contributed by atoms with Gasteiger partial charge >= 0.3 is 5.97 Å². The summed E-state index contributed by atoms with van der Waals surface area (Å²) in [5.74, 6) is -0.353. The molecule has 2 aromatic rings. The minimum Gasteiger partial charge on any atom is -0.465 e. The largest absolute Gasteiger partial charge is 0.465 e. The Bertz CT molecular complexity index is 1080. The first-order valence-corrected chi connectivity index (χ1v) is 12.7. The second-order valence-electron chi connectivity index (χ2n) is 8.61. The molecule has 2 saturated heterocycles. The van der Waals surface area contributed by atoms with E-state index in [9.17, 15) is 4.79 Å². The molecule has 2 aliphatic heterocycles. The van der Waals surface area contributed by atoms with Crippen LogP contribution in [0.5, 0.6) is 0 Å². The number of rotatable bonds is 8. The van der Waals surface area contributed by atoms with Gasteiger partial charge in [-0.15, -0.1) is 11.3 Å². The topological polar surface area (TPSA) is 66.9 Å². The molecule has 1 atom stereocenters. The van der Waals surface area contributed by atoms with Gasteiger partial charge in [0.25, 0.3) is 0 Å². The van der Waals surface area contributed by atoms with Gasteiger partial charge in [0.2, 0.25) is 0 Å². The second kappa shape index (κ2) is 11.1. The van der Waals surface area contributed by atoms with Crippen LogP contribution in [0, 0.1) is 0 Å². The number of benzene rings is 1. The fourth-order valence-corrected chi connectivity index (χ4v) is 5.48. The van der Waals surface area contributed by atoms with Crippen molar-refractivity contribution in [2.24, 2.45) is 0 Å². The van der Waals surface area contributed by atoms with E-state index in [4.69, 9.17) is 14.5 Å². The Labute approximate surface area is 206 Å². The first-order chi connectivity index (χ1) is 16.6. The van der Waals surface area contributed by atoms with Crippen molar-refractivity contribution in [2.75, 3.05) is 44.1 Å². The number of ether oxygens (including phenoxy) is 2. The lowest BCUT2D eigenvalue weighted by atomic mass is 10.1. The molecule has 1 aromatic heterocycles. The van der Waals surface area contributed by atoms with Crippen LogP contribution in [0.4, 0.5) is 10.8 Å². The summed E-state index contributed by atoms with van der Waals surface area (Å²) in [7, 11) is 3.18. The number of esters is 1. The van der Waals surface area contributed by atoms with E-state index in [-0.39, 0.29) is 12.1 Å². The van der Waals surface area contributed by atoms with Crippen LogP contribution < -0.4 is 10.2 Å². The number of aromatic nitrogens is 1. The average Bonchev–Trinajstić information content (AvgIpc) is 3.63. The van der Waals surface area contributed by atoms with Crippen LogP contribution in [-0.2, 0) is 16.0 Å². The molecule has 182 valence electrons. The zero-order chi connectivity index (χ0) is 24.1. The molecule has 0 unspecified atom stereocenters. The number of carbonyl (C=O) groups excluding carboxylic acids is 1. The highest BCUT2D eigenvalue weighted by Crippen LogP contribution is 2.31. The van der Waals surface area contributed by atoms with Gasteiger partial charge in [-0.2, -0.15) is 0 Å². The van der Waals surface area contributed by atoms with Gasteiger partial charge in [-0.05, 0) is 50.8 Å². The summed E-state index contributed by atoms with van der Waals surface area (Å²) in [6.07, 6.45) is 7.73.